The van der Waals surface area contributed by atoms with Crippen LogP contribution in [0.3, 0.4) is 0 Å². The van der Waals surface area contributed by atoms with Gasteiger partial charge in [-0.2, -0.15) is 5.10 Å². The quantitative estimate of drug-likeness (QED) is 0.731. The molecular formula is C19H16N4O3. The highest BCUT2D eigenvalue weighted by Gasteiger charge is 2.11. The zero-order valence-corrected chi connectivity index (χ0v) is 13.8. The standard InChI is InChI=1S/C19H16N4O3/c20-18(25)14-6-8-15(9-7-14)21-19(26)16-10-11-17(24)23(22-16)12-13-4-2-1-3-5-13/h1-11H,12H2,(H2,20,25)(H,21,26). The number of hydrogen-bond donors (Lipinski definition) is 2. The molecule has 1 heterocycles. The lowest BCUT2D eigenvalue weighted by Crippen LogP contribution is -2.26. The van der Waals surface area contributed by atoms with Crippen LogP contribution in [0.4, 0.5) is 5.69 Å². The lowest BCUT2D eigenvalue weighted by molar-refractivity contribution is 0.0997. The van der Waals surface area contributed by atoms with Crippen LogP contribution < -0.4 is 16.6 Å². The first-order chi connectivity index (χ1) is 12.5. The van der Waals surface area contributed by atoms with Crippen LogP contribution in [-0.2, 0) is 6.54 Å². The predicted octanol–water partition coefficient (Wildman–Crippen LogP) is 1.64. The molecule has 3 aromatic rings. The van der Waals surface area contributed by atoms with Crippen molar-refractivity contribution >= 4 is 17.5 Å². The fourth-order valence-electron chi connectivity index (χ4n) is 2.35. The Kier molecular flexibility index (Phi) is 4.89. The fourth-order valence-corrected chi connectivity index (χ4v) is 2.35. The van der Waals surface area contributed by atoms with Crippen LogP contribution in [-0.4, -0.2) is 21.6 Å². The molecule has 3 rings (SSSR count). The van der Waals surface area contributed by atoms with Crippen LogP contribution in [0.15, 0.2) is 71.5 Å². The molecule has 2 amide bonds. The van der Waals surface area contributed by atoms with E-state index in [1.165, 1.54) is 28.9 Å². The summed E-state index contributed by atoms with van der Waals surface area (Å²) in [5, 5.41) is 6.79. The van der Waals surface area contributed by atoms with E-state index >= 15 is 0 Å². The lowest BCUT2D eigenvalue weighted by Gasteiger charge is -2.08. The number of nitrogens with zero attached hydrogens (tertiary/aromatic N) is 2. The minimum absolute atomic E-state index is 0.111. The molecule has 0 saturated carbocycles. The number of carbonyl (C=O) groups is 2. The Hall–Kier alpha value is -3.74. The summed E-state index contributed by atoms with van der Waals surface area (Å²) >= 11 is 0. The zero-order chi connectivity index (χ0) is 18.5. The molecule has 0 bridgehead atoms. The molecule has 3 N–H and O–H groups in total. The van der Waals surface area contributed by atoms with Gasteiger partial charge < -0.3 is 11.1 Å². The number of carbonyl (C=O) groups excluding carboxylic acids is 2. The second-order valence-corrected chi connectivity index (χ2v) is 5.60. The van der Waals surface area contributed by atoms with Crippen molar-refractivity contribution in [1.29, 1.82) is 0 Å². The van der Waals surface area contributed by atoms with Crippen molar-refractivity contribution in [3.63, 3.8) is 0 Å². The molecule has 130 valence electrons. The lowest BCUT2D eigenvalue weighted by atomic mass is 10.2. The van der Waals surface area contributed by atoms with Gasteiger partial charge in [0.1, 0.15) is 5.69 Å². The van der Waals surface area contributed by atoms with Crippen LogP contribution in [0.1, 0.15) is 26.4 Å². The van der Waals surface area contributed by atoms with Crippen LogP contribution >= 0.6 is 0 Å². The van der Waals surface area contributed by atoms with Gasteiger partial charge in [0.25, 0.3) is 11.5 Å². The molecule has 1 aromatic heterocycles. The van der Waals surface area contributed by atoms with E-state index in [9.17, 15) is 14.4 Å². The van der Waals surface area contributed by atoms with Crippen LogP contribution in [0, 0.1) is 0 Å². The molecule has 7 nitrogen and oxygen atoms in total. The predicted molar refractivity (Wildman–Crippen MR) is 97.0 cm³/mol. The summed E-state index contributed by atoms with van der Waals surface area (Å²) in [5.74, 6) is -1.00. The Balaban J connectivity index is 1.78. The van der Waals surface area contributed by atoms with Gasteiger partial charge in [-0.3, -0.25) is 14.4 Å². The van der Waals surface area contributed by atoms with Crippen LogP contribution in [0.2, 0.25) is 0 Å². The summed E-state index contributed by atoms with van der Waals surface area (Å²) in [6, 6.07) is 18.2. The molecule has 0 spiro atoms. The first-order valence-corrected chi connectivity index (χ1v) is 7.86. The number of primary amides is 1. The monoisotopic (exact) mass is 348 g/mol. The minimum atomic E-state index is -0.544. The summed E-state index contributed by atoms with van der Waals surface area (Å²) in [4.78, 5) is 35.4. The van der Waals surface area contributed by atoms with E-state index in [2.05, 4.69) is 10.4 Å². The largest absolute Gasteiger partial charge is 0.366 e. The maximum absolute atomic E-state index is 12.4. The Morgan fingerprint density at radius 3 is 2.31 bits per heavy atom. The molecule has 26 heavy (non-hydrogen) atoms. The van der Waals surface area contributed by atoms with Gasteiger partial charge in [-0.05, 0) is 35.9 Å². The Morgan fingerprint density at radius 2 is 1.65 bits per heavy atom. The summed E-state index contributed by atoms with van der Waals surface area (Å²) in [6.45, 7) is 0.272. The van der Waals surface area contributed by atoms with Gasteiger partial charge in [-0.1, -0.05) is 30.3 Å². The highest BCUT2D eigenvalue weighted by Crippen LogP contribution is 2.10. The average molecular weight is 348 g/mol. The number of nitrogens with one attached hydrogen (secondary N) is 1. The molecule has 0 aliphatic heterocycles. The van der Waals surface area contributed by atoms with Crippen molar-refractivity contribution in [3.8, 4) is 0 Å². The SMILES string of the molecule is NC(=O)c1ccc(NC(=O)c2ccc(=O)n(Cc3ccccc3)n2)cc1. The first-order valence-electron chi connectivity index (χ1n) is 7.86. The third-order valence-corrected chi connectivity index (χ3v) is 3.70. The van der Waals surface area contributed by atoms with Crippen molar-refractivity contribution in [2.24, 2.45) is 5.73 Å². The molecule has 0 saturated heterocycles. The number of benzene rings is 2. The molecule has 0 fully saturated rings. The number of hydrogen-bond acceptors (Lipinski definition) is 4. The number of anilines is 1. The second-order valence-electron chi connectivity index (χ2n) is 5.60. The van der Waals surface area contributed by atoms with Gasteiger partial charge in [-0.15, -0.1) is 0 Å². The smallest absolute Gasteiger partial charge is 0.276 e. The van der Waals surface area contributed by atoms with E-state index in [4.69, 9.17) is 5.73 Å². The minimum Gasteiger partial charge on any atom is -0.366 e. The molecule has 0 aliphatic carbocycles. The first kappa shape index (κ1) is 17.1. The Labute approximate surface area is 149 Å². The normalized spacial score (nSPS) is 10.3. The van der Waals surface area contributed by atoms with Gasteiger partial charge in [0, 0.05) is 17.3 Å². The van der Waals surface area contributed by atoms with Gasteiger partial charge in [0.15, 0.2) is 0 Å². The third kappa shape index (κ3) is 4.02. The van der Waals surface area contributed by atoms with Gasteiger partial charge >= 0.3 is 0 Å². The molecule has 0 aliphatic rings. The van der Waals surface area contributed by atoms with E-state index < -0.39 is 11.8 Å². The van der Waals surface area contributed by atoms with Crippen LogP contribution in [0.5, 0.6) is 0 Å². The van der Waals surface area contributed by atoms with Crippen LogP contribution in [0.25, 0.3) is 0 Å². The van der Waals surface area contributed by atoms with Gasteiger partial charge in [0.05, 0.1) is 6.54 Å². The zero-order valence-electron chi connectivity index (χ0n) is 13.8. The highest BCUT2D eigenvalue weighted by atomic mass is 16.2. The van der Waals surface area contributed by atoms with Gasteiger partial charge in [0.2, 0.25) is 5.91 Å². The summed E-state index contributed by atoms with van der Waals surface area (Å²) in [5.41, 5.74) is 6.73. The van der Waals surface area contributed by atoms with E-state index in [0.717, 1.165) is 5.56 Å². The van der Waals surface area contributed by atoms with E-state index in [1.54, 1.807) is 12.1 Å². The maximum Gasteiger partial charge on any atom is 0.276 e. The van der Waals surface area contributed by atoms with Crippen molar-refractivity contribution in [2.45, 2.75) is 6.54 Å². The van der Waals surface area contributed by atoms with E-state index in [-0.39, 0.29) is 17.8 Å². The Morgan fingerprint density at radius 1 is 0.962 bits per heavy atom. The molecule has 2 aromatic carbocycles. The molecule has 0 atom stereocenters. The van der Waals surface area contributed by atoms with Crippen molar-refractivity contribution in [3.05, 3.63) is 93.9 Å². The van der Waals surface area contributed by atoms with E-state index in [0.29, 0.717) is 11.3 Å². The number of nitrogens with two attached hydrogens (primary N) is 1. The highest BCUT2D eigenvalue weighted by molar-refractivity contribution is 6.03. The summed E-state index contributed by atoms with van der Waals surface area (Å²) in [7, 11) is 0. The molecular weight excluding hydrogens is 332 g/mol. The average Bonchev–Trinajstić information content (AvgIpc) is 2.65. The number of amides is 2. The molecule has 7 heteroatoms. The summed E-state index contributed by atoms with van der Waals surface area (Å²) in [6.07, 6.45) is 0. The van der Waals surface area contributed by atoms with Gasteiger partial charge in [-0.25, -0.2) is 4.68 Å². The fraction of sp³-hybridized carbons (Fsp3) is 0.0526. The third-order valence-electron chi connectivity index (χ3n) is 3.70. The molecule has 0 unspecified atom stereocenters. The number of aromatic nitrogens is 2. The number of rotatable bonds is 5. The summed E-state index contributed by atoms with van der Waals surface area (Å²) < 4.78 is 1.24. The topological polar surface area (TPSA) is 107 Å². The van der Waals surface area contributed by atoms with Crippen molar-refractivity contribution in [1.82, 2.24) is 9.78 Å². The molecule has 0 radical (unpaired) electrons. The Bertz CT molecular complexity index is 995. The van der Waals surface area contributed by atoms with Crippen molar-refractivity contribution in [2.75, 3.05) is 5.32 Å². The maximum atomic E-state index is 12.4. The second kappa shape index (κ2) is 7.43. The van der Waals surface area contributed by atoms with E-state index in [1.807, 2.05) is 30.3 Å². The van der Waals surface area contributed by atoms with Crippen molar-refractivity contribution < 1.29 is 9.59 Å².